The third-order valence-corrected chi connectivity index (χ3v) is 3.81. The van der Waals surface area contributed by atoms with E-state index in [1.807, 2.05) is 32.0 Å². The summed E-state index contributed by atoms with van der Waals surface area (Å²) in [5.41, 5.74) is 3.30. The Labute approximate surface area is 133 Å². The van der Waals surface area contributed by atoms with Crippen molar-refractivity contribution in [2.24, 2.45) is 0 Å². The second-order valence-electron chi connectivity index (χ2n) is 5.47. The Balaban J connectivity index is 1.92. The van der Waals surface area contributed by atoms with Crippen molar-refractivity contribution < 1.29 is 13.9 Å². The molecular formula is C19H16O4. The number of rotatable bonds is 3. The van der Waals surface area contributed by atoms with Gasteiger partial charge >= 0.3 is 11.6 Å². The maximum absolute atomic E-state index is 12.0. The first-order valence-corrected chi connectivity index (χ1v) is 7.31. The van der Waals surface area contributed by atoms with Crippen LogP contribution in [-0.2, 0) is 11.3 Å². The topological polar surface area (TPSA) is 56.5 Å². The van der Waals surface area contributed by atoms with Crippen LogP contribution in [0.3, 0.4) is 0 Å². The van der Waals surface area contributed by atoms with Crippen LogP contribution >= 0.6 is 0 Å². The van der Waals surface area contributed by atoms with Crippen LogP contribution < -0.4 is 5.63 Å². The van der Waals surface area contributed by atoms with Gasteiger partial charge in [-0.1, -0.05) is 18.2 Å². The van der Waals surface area contributed by atoms with E-state index in [4.69, 9.17) is 9.15 Å². The second kappa shape index (κ2) is 6.08. The number of fused-ring (bicyclic) bond motifs is 1. The van der Waals surface area contributed by atoms with Crippen molar-refractivity contribution in [2.75, 3.05) is 0 Å². The van der Waals surface area contributed by atoms with Crippen molar-refractivity contribution in [3.63, 3.8) is 0 Å². The van der Waals surface area contributed by atoms with Crippen molar-refractivity contribution in [1.82, 2.24) is 0 Å². The van der Waals surface area contributed by atoms with Crippen molar-refractivity contribution in [1.29, 1.82) is 0 Å². The first-order chi connectivity index (χ1) is 11.0. The van der Waals surface area contributed by atoms with E-state index in [2.05, 4.69) is 0 Å². The molecule has 23 heavy (non-hydrogen) atoms. The average Bonchev–Trinajstić information content (AvgIpc) is 2.55. The Morgan fingerprint density at radius 1 is 1.04 bits per heavy atom. The summed E-state index contributed by atoms with van der Waals surface area (Å²) in [6, 6.07) is 13.9. The number of carbonyl (C=O) groups excluding carboxylic acids is 1. The molecule has 1 heterocycles. The molecule has 4 heteroatoms. The van der Waals surface area contributed by atoms with E-state index in [0.717, 1.165) is 16.5 Å². The summed E-state index contributed by atoms with van der Waals surface area (Å²) in [4.78, 5) is 23.7. The van der Waals surface area contributed by atoms with Gasteiger partial charge in [-0.25, -0.2) is 9.59 Å². The molecule has 116 valence electrons. The van der Waals surface area contributed by atoms with Gasteiger partial charge in [0.1, 0.15) is 12.2 Å². The molecule has 0 aliphatic heterocycles. The van der Waals surface area contributed by atoms with Crippen LogP contribution in [0.5, 0.6) is 0 Å². The predicted octanol–water partition coefficient (Wildman–Crippen LogP) is 3.77. The van der Waals surface area contributed by atoms with Crippen molar-refractivity contribution in [3.8, 4) is 0 Å². The van der Waals surface area contributed by atoms with Gasteiger partial charge in [0.25, 0.3) is 0 Å². The van der Waals surface area contributed by atoms with E-state index in [0.29, 0.717) is 16.7 Å². The maximum atomic E-state index is 12.0. The largest absolute Gasteiger partial charge is 0.457 e. The number of esters is 1. The van der Waals surface area contributed by atoms with Gasteiger partial charge in [0.15, 0.2) is 0 Å². The minimum absolute atomic E-state index is 0.0261. The molecule has 3 rings (SSSR count). The molecular weight excluding hydrogens is 292 g/mol. The highest BCUT2D eigenvalue weighted by atomic mass is 16.5. The van der Waals surface area contributed by atoms with E-state index < -0.39 is 11.6 Å². The minimum atomic E-state index is -0.452. The first kappa shape index (κ1) is 15.0. The van der Waals surface area contributed by atoms with Crippen LogP contribution in [0.2, 0.25) is 0 Å². The Bertz CT molecular complexity index is 923. The molecule has 0 N–H and O–H groups in total. The molecule has 4 nitrogen and oxygen atoms in total. The van der Waals surface area contributed by atoms with Gasteiger partial charge in [0.2, 0.25) is 0 Å². The maximum Gasteiger partial charge on any atom is 0.338 e. The van der Waals surface area contributed by atoms with Crippen molar-refractivity contribution >= 4 is 16.9 Å². The van der Waals surface area contributed by atoms with Gasteiger partial charge in [0.05, 0.1) is 5.56 Å². The third-order valence-electron chi connectivity index (χ3n) is 3.81. The van der Waals surface area contributed by atoms with E-state index in [9.17, 15) is 9.59 Å². The Kier molecular flexibility index (Phi) is 3.98. The molecule has 0 aliphatic rings. The van der Waals surface area contributed by atoms with Gasteiger partial charge in [-0.15, -0.1) is 0 Å². The molecule has 3 aromatic rings. The zero-order valence-corrected chi connectivity index (χ0v) is 13.0. The van der Waals surface area contributed by atoms with E-state index in [1.165, 1.54) is 6.07 Å². The fourth-order valence-corrected chi connectivity index (χ4v) is 2.40. The molecule has 1 aromatic heterocycles. The second-order valence-corrected chi connectivity index (χ2v) is 5.47. The first-order valence-electron chi connectivity index (χ1n) is 7.31. The standard InChI is InChI=1S/C19H16O4/c1-12-8-16-15(10-18(20)23-17(16)9-13(12)2)11-22-19(21)14-6-4-3-5-7-14/h3-10H,11H2,1-2H3. The molecule has 0 bridgehead atoms. The van der Waals surface area contributed by atoms with Gasteiger partial charge in [0, 0.05) is 17.0 Å². The van der Waals surface area contributed by atoms with Gasteiger partial charge in [-0.2, -0.15) is 0 Å². The van der Waals surface area contributed by atoms with Crippen molar-refractivity contribution in [2.45, 2.75) is 20.5 Å². The van der Waals surface area contributed by atoms with Crippen LogP contribution in [-0.4, -0.2) is 5.97 Å². The highest BCUT2D eigenvalue weighted by Gasteiger charge is 2.11. The molecule has 0 spiro atoms. The fourth-order valence-electron chi connectivity index (χ4n) is 2.40. The number of hydrogen-bond donors (Lipinski definition) is 0. The van der Waals surface area contributed by atoms with E-state index in [-0.39, 0.29) is 6.61 Å². The number of ether oxygens (including phenoxy) is 1. The Morgan fingerprint density at radius 3 is 2.48 bits per heavy atom. The number of benzene rings is 2. The quantitative estimate of drug-likeness (QED) is 0.546. The minimum Gasteiger partial charge on any atom is -0.457 e. The molecule has 0 saturated heterocycles. The summed E-state index contributed by atoms with van der Waals surface area (Å²) in [7, 11) is 0. The zero-order chi connectivity index (χ0) is 16.4. The fraction of sp³-hybridized carbons (Fsp3) is 0.158. The van der Waals surface area contributed by atoms with Crippen LogP contribution in [0.1, 0.15) is 27.0 Å². The van der Waals surface area contributed by atoms with Crippen LogP contribution in [0.25, 0.3) is 11.0 Å². The lowest BCUT2D eigenvalue weighted by molar-refractivity contribution is 0.0474. The van der Waals surface area contributed by atoms with E-state index >= 15 is 0 Å². The SMILES string of the molecule is Cc1cc2oc(=O)cc(COC(=O)c3ccccc3)c2cc1C. The van der Waals surface area contributed by atoms with Crippen LogP contribution in [0.4, 0.5) is 0 Å². The Hall–Kier alpha value is -2.88. The number of aryl methyl sites for hydroxylation is 2. The third kappa shape index (κ3) is 3.16. The summed E-state index contributed by atoms with van der Waals surface area (Å²) in [6.07, 6.45) is 0. The van der Waals surface area contributed by atoms with Crippen molar-refractivity contribution in [3.05, 3.63) is 81.2 Å². The van der Waals surface area contributed by atoms with Crippen LogP contribution in [0.15, 0.2) is 57.7 Å². The summed E-state index contributed by atoms with van der Waals surface area (Å²) in [5.74, 6) is -0.421. The van der Waals surface area contributed by atoms with Gasteiger partial charge in [-0.05, 0) is 49.2 Å². The molecule has 0 atom stereocenters. The van der Waals surface area contributed by atoms with Gasteiger partial charge < -0.3 is 9.15 Å². The van der Waals surface area contributed by atoms with E-state index in [1.54, 1.807) is 24.3 Å². The number of carbonyl (C=O) groups is 1. The summed E-state index contributed by atoms with van der Waals surface area (Å²) in [5, 5.41) is 0.786. The zero-order valence-electron chi connectivity index (χ0n) is 13.0. The molecule has 0 amide bonds. The average molecular weight is 308 g/mol. The lowest BCUT2D eigenvalue weighted by atomic mass is 10.0. The molecule has 0 unspecified atom stereocenters. The Morgan fingerprint density at radius 2 is 1.74 bits per heavy atom. The highest BCUT2D eigenvalue weighted by Crippen LogP contribution is 2.22. The smallest absolute Gasteiger partial charge is 0.338 e. The molecule has 0 saturated carbocycles. The predicted molar refractivity (Wildman–Crippen MR) is 87.5 cm³/mol. The molecule has 0 radical (unpaired) electrons. The van der Waals surface area contributed by atoms with Crippen LogP contribution in [0, 0.1) is 13.8 Å². The normalized spacial score (nSPS) is 10.7. The summed E-state index contributed by atoms with van der Waals surface area (Å²) >= 11 is 0. The monoisotopic (exact) mass is 308 g/mol. The van der Waals surface area contributed by atoms with Gasteiger partial charge in [-0.3, -0.25) is 0 Å². The highest BCUT2D eigenvalue weighted by molar-refractivity contribution is 5.89. The lowest BCUT2D eigenvalue weighted by Gasteiger charge is -2.09. The molecule has 0 fully saturated rings. The summed E-state index contributed by atoms with van der Waals surface area (Å²) in [6.45, 7) is 3.97. The lowest BCUT2D eigenvalue weighted by Crippen LogP contribution is -2.08. The molecule has 0 aliphatic carbocycles. The molecule has 2 aromatic carbocycles. The summed E-state index contributed by atoms with van der Waals surface area (Å²) < 4.78 is 10.6. The number of hydrogen-bond acceptors (Lipinski definition) is 4.